The molecule has 1 rings (SSSR count). The SMILES string of the molecule is O=C=COc1ccc(F)cc1. The predicted molar refractivity (Wildman–Crippen MR) is 37.3 cm³/mol. The number of carbonyl (C=O) groups excluding carboxylic acids is 1. The molecule has 0 bridgehead atoms. The van der Waals surface area contributed by atoms with E-state index in [4.69, 9.17) is 4.74 Å². The van der Waals surface area contributed by atoms with Crippen LogP contribution in [0.4, 0.5) is 4.39 Å². The second-order valence-corrected chi connectivity index (χ2v) is 1.81. The summed E-state index contributed by atoms with van der Waals surface area (Å²) in [6.07, 6.45) is 0.868. The minimum Gasteiger partial charge on any atom is -0.453 e. The average Bonchev–Trinajstić information content (AvgIpc) is 2.04. The lowest BCUT2D eigenvalue weighted by atomic mass is 10.3. The van der Waals surface area contributed by atoms with Crippen molar-refractivity contribution in [2.75, 3.05) is 0 Å². The molecule has 0 amide bonds. The molecule has 0 radical (unpaired) electrons. The maximum atomic E-state index is 12.3. The zero-order chi connectivity index (χ0) is 8.10. The molecule has 1 aromatic carbocycles. The van der Waals surface area contributed by atoms with Crippen LogP contribution in [0.15, 0.2) is 30.5 Å². The normalized spacial score (nSPS) is 8.45. The van der Waals surface area contributed by atoms with E-state index < -0.39 is 0 Å². The largest absolute Gasteiger partial charge is 0.453 e. The van der Waals surface area contributed by atoms with E-state index in [-0.39, 0.29) is 5.82 Å². The van der Waals surface area contributed by atoms with Crippen molar-refractivity contribution in [2.24, 2.45) is 0 Å². The first kappa shape index (κ1) is 7.51. The molecule has 0 spiro atoms. The molecule has 0 atom stereocenters. The summed E-state index contributed by atoms with van der Waals surface area (Å²) in [6, 6.07) is 5.33. The fourth-order valence-corrected chi connectivity index (χ4v) is 0.605. The highest BCUT2D eigenvalue weighted by Gasteiger charge is 1.90. The third kappa shape index (κ3) is 2.24. The fourth-order valence-electron chi connectivity index (χ4n) is 0.605. The highest BCUT2D eigenvalue weighted by molar-refractivity contribution is 5.43. The first-order chi connectivity index (χ1) is 5.33. The summed E-state index contributed by atoms with van der Waals surface area (Å²) in [4.78, 5) is 9.67. The van der Waals surface area contributed by atoms with Gasteiger partial charge < -0.3 is 4.74 Å². The summed E-state index contributed by atoms with van der Waals surface area (Å²) in [6.45, 7) is 0. The first-order valence-corrected chi connectivity index (χ1v) is 2.94. The Morgan fingerprint density at radius 3 is 2.55 bits per heavy atom. The van der Waals surface area contributed by atoms with Crippen molar-refractivity contribution in [2.45, 2.75) is 0 Å². The van der Waals surface area contributed by atoms with Crippen LogP contribution >= 0.6 is 0 Å². The molecule has 2 nitrogen and oxygen atoms in total. The molecule has 3 heteroatoms. The van der Waals surface area contributed by atoms with Gasteiger partial charge in [-0.1, -0.05) is 0 Å². The topological polar surface area (TPSA) is 26.3 Å². The number of halogens is 1. The van der Waals surface area contributed by atoms with Crippen LogP contribution < -0.4 is 4.74 Å². The van der Waals surface area contributed by atoms with Crippen LogP contribution in [0.2, 0.25) is 0 Å². The number of hydrogen-bond donors (Lipinski definition) is 0. The summed E-state index contributed by atoms with van der Waals surface area (Å²) >= 11 is 0. The van der Waals surface area contributed by atoms with Crippen molar-refractivity contribution in [3.8, 4) is 5.75 Å². The summed E-state index contributed by atoms with van der Waals surface area (Å²) in [5.74, 6) is 1.51. The van der Waals surface area contributed by atoms with Crippen molar-refractivity contribution >= 4 is 5.94 Å². The highest BCUT2D eigenvalue weighted by Crippen LogP contribution is 2.10. The number of ether oxygens (including phenoxy) is 1. The predicted octanol–water partition coefficient (Wildman–Crippen LogP) is 1.55. The third-order valence-electron chi connectivity index (χ3n) is 1.06. The summed E-state index contributed by atoms with van der Waals surface area (Å²) < 4.78 is 17.0. The van der Waals surface area contributed by atoms with Gasteiger partial charge >= 0.3 is 0 Å². The van der Waals surface area contributed by atoms with E-state index in [1.165, 1.54) is 30.2 Å². The van der Waals surface area contributed by atoms with E-state index in [0.717, 1.165) is 6.26 Å². The van der Waals surface area contributed by atoms with Gasteiger partial charge in [-0.05, 0) is 24.3 Å². The molecular formula is C8H5FO2. The molecule has 0 saturated heterocycles. The molecule has 0 fully saturated rings. The Morgan fingerprint density at radius 1 is 1.36 bits per heavy atom. The quantitative estimate of drug-likeness (QED) is 0.474. The molecule has 0 unspecified atom stereocenters. The van der Waals surface area contributed by atoms with Crippen molar-refractivity contribution in [3.05, 3.63) is 36.3 Å². The maximum Gasteiger partial charge on any atom is 0.174 e. The van der Waals surface area contributed by atoms with Gasteiger partial charge in [0.2, 0.25) is 0 Å². The summed E-state index contributed by atoms with van der Waals surface area (Å²) in [5, 5.41) is 0. The van der Waals surface area contributed by atoms with Crippen LogP contribution in [-0.4, -0.2) is 5.94 Å². The van der Waals surface area contributed by atoms with E-state index >= 15 is 0 Å². The van der Waals surface area contributed by atoms with Crippen molar-refractivity contribution in [1.82, 2.24) is 0 Å². The van der Waals surface area contributed by atoms with E-state index in [0.29, 0.717) is 5.75 Å². The Labute approximate surface area is 62.9 Å². The number of rotatable bonds is 2. The van der Waals surface area contributed by atoms with E-state index in [1.54, 1.807) is 0 Å². The van der Waals surface area contributed by atoms with Gasteiger partial charge in [-0.25, -0.2) is 9.18 Å². The summed E-state index contributed by atoms with van der Waals surface area (Å²) in [7, 11) is 0. The van der Waals surface area contributed by atoms with Crippen LogP contribution in [0.25, 0.3) is 0 Å². The van der Waals surface area contributed by atoms with E-state index in [9.17, 15) is 9.18 Å². The fraction of sp³-hybridized carbons (Fsp3) is 0. The molecule has 0 saturated carbocycles. The van der Waals surface area contributed by atoms with E-state index in [2.05, 4.69) is 0 Å². The first-order valence-electron chi connectivity index (χ1n) is 2.94. The van der Waals surface area contributed by atoms with E-state index in [1.807, 2.05) is 0 Å². The Hall–Kier alpha value is -1.60. The molecular weight excluding hydrogens is 147 g/mol. The van der Waals surface area contributed by atoms with Gasteiger partial charge in [-0.2, -0.15) is 0 Å². The van der Waals surface area contributed by atoms with Crippen LogP contribution in [0.1, 0.15) is 0 Å². The molecule has 0 N–H and O–H groups in total. The molecule has 0 aromatic heterocycles. The zero-order valence-corrected chi connectivity index (χ0v) is 5.58. The molecule has 0 aliphatic carbocycles. The lowest BCUT2D eigenvalue weighted by molar-refractivity contribution is 0.475. The van der Waals surface area contributed by atoms with Gasteiger partial charge in [0.05, 0.1) is 0 Å². The Bertz CT molecular complexity index is 273. The highest BCUT2D eigenvalue weighted by atomic mass is 19.1. The van der Waals surface area contributed by atoms with Crippen molar-refractivity contribution in [3.63, 3.8) is 0 Å². The maximum absolute atomic E-state index is 12.3. The Balaban J connectivity index is 2.73. The van der Waals surface area contributed by atoms with Gasteiger partial charge in [0.25, 0.3) is 0 Å². The molecule has 0 heterocycles. The van der Waals surface area contributed by atoms with Crippen LogP contribution in [-0.2, 0) is 4.79 Å². The Kier molecular flexibility index (Phi) is 2.42. The Morgan fingerprint density at radius 2 is 2.00 bits per heavy atom. The second-order valence-electron chi connectivity index (χ2n) is 1.81. The second kappa shape index (κ2) is 3.54. The zero-order valence-electron chi connectivity index (χ0n) is 5.58. The van der Waals surface area contributed by atoms with Crippen molar-refractivity contribution < 1.29 is 13.9 Å². The van der Waals surface area contributed by atoms with Gasteiger partial charge in [-0.15, -0.1) is 0 Å². The minimum atomic E-state index is -0.340. The summed E-state index contributed by atoms with van der Waals surface area (Å²) in [5.41, 5.74) is 0. The van der Waals surface area contributed by atoms with Gasteiger partial charge in [0.15, 0.2) is 12.2 Å². The van der Waals surface area contributed by atoms with Crippen molar-refractivity contribution in [1.29, 1.82) is 0 Å². The lowest BCUT2D eigenvalue weighted by Crippen LogP contribution is -1.81. The lowest BCUT2D eigenvalue weighted by Gasteiger charge is -1.95. The van der Waals surface area contributed by atoms with Gasteiger partial charge in [-0.3, -0.25) is 0 Å². The molecule has 0 aliphatic heterocycles. The smallest absolute Gasteiger partial charge is 0.174 e. The van der Waals surface area contributed by atoms with Crippen LogP contribution in [0.3, 0.4) is 0 Å². The monoisotopic (exact) mass is 152 g/mol. The van der Waals surface area contributed by atoms with Crippen LogP contribution in [0, 0.1) is 5.82 Å². The molecule has 11 heavy (non-hydrogen) atoms. The standard InChI is InChI=1S/C8H5FO2/c9-7-1-3-8(4-2-7)11-6-5-10/h1-4,6H. The number of hydrogen-bond acceptors (Lipinski definition) is 2. The van der Waals surface area contributed by atoms with Gasteiger partial charge in [0.1, 0.15) is 11.6 Å². The van der Waals surface area contributed by atoms with Gasteiger partial charge in [0, 0.05) is 0 Å². The molecule has 1 aromatic rings. The molecule has 0 aliphatic rings. The number of benzene rings is 1. The average molecular weight is 152 g/mol. The minimum absolute atomic E-state index is 0.340. The molecule has 56 valence electrons. The third-order valence-corrected chi connectivity index (χ3v) is 1.06. The van der Waals surface area contributed by atoms with Crippen LogP contribution in [0.5, 0.6) is 5.75 Å².